The number of nitrogens with zero attached hydrogens (tertiary/aromatic N) is 2. The molecule has 0 fully saturated rings. The largest absolute Gasteiger partial charge is 0.248 e. The number of hydrogen-bond acceptors (Lipinski definition) is 0. The van der Waals surface area contributed by atoms with Crippen molar-refractivity contribution in [2.24, 2.45) is 0 Å². The van der Waals surface area contributed by atoms with Gasteiger partial charge in [-0.3, -0.25) is 0 Å². The van der Waals surface area contributed by atoms with Gasteiger partial charge in [0.2, 0.25) is 6.33 Å². The van der Waals surface area contributed by atoms with E-state index in [4.69, 9.17) is 0 Å². The van der Waals surface area contributed by atoms with Crippen LogP contribution >= 0.6 is 0 Å². The zero-order valence-corrected chi connectivity index (χ0v) is 12.0. The Bertz CT molecular complexity index is 459. The van der Waals surface area contributed by atoms with Crippen molar-refractivity contribution >= 4 is 0 Å². The lowest BCUT2D eigenvalue weighted by Crippen LogP contribution is -2.30. The molecular formula is C17H25N2+. The number of imidazole rings is 1. The van der Waals surface area contributed by atoms with E-state index in [0.717, 1.165) is 6.54 Å². The van der Waals surface area contributed by atoms with Gasteiger partial charge in [0, 0.05) is 0 Å². The van der Waals surface area contributed by atoms with Crippen LogP contribution in [0.1, 0.15) is 45.4 Å². The summed E-state index contributed by atoms with van der Waals surface area (Å²) < 4.78 is 4.46. The van der Waals surface area contributed by atoms with E-state index < -0.39 is 0 Å². The Morgan fingerprint density at radius 3 is 2.47 bits per heavy atom. The van der Waals surface area contributed by atoms with Crippen LogP contribution in [0.2, 0.25) is 0 Å². The Hall–Kier alpha value is -1.57. The van der Waals surface area contributed by atoms with Crippen molar-refractivity contribution in [2.45, 2.75) is 52.0 Å². The molecule has 0 N–H and O–H groups in total. The summed E-state index contributed by atoms with van der Waals surface area (Å²) in [5.41, 5.74) is 1.23. The summed E-state index contributed by atoms with van der Waals surface area (Å²) >= 11 is 0. The minimum absolute atomic E-state index is 1.13. The molecule has 102 valence electrons. The minimum Gasteiger partial charge on any atom is -0.236 e. The van der Waals surface area contributed by atoms with Gasteiger partial charge in [-0.1, -0.05) is 50.8 Å². The van der Waals surface area contributed by atoms with E-state index in [0.29, 0.717) is 0 Å². The van der Waals surface area contributed by atoms with Gasteiger partial charge in [-0.15, -0.1) is 0 Å². The Morgan fingerprint density at radius 1 is 0.947 bits per heavy atom. The molecule has 2 rings (SSSR count). The van der Waals surface area contributed by atoms with Gasteiger partial charge in [0.25, 0.3) is 0 Å². The van der Waals surface area contributed by atoms with Crippen LogP contribution in [0.5, 0.6) is 0 Å². The smallest absolute Gasteiger partial charge is 0.236 e. The van der Waals surface area contributed by atoms with Crippen LogP contribution in [0, 0.1) is 0 Å². The van der Waals surface area contributed by atoms with Crippen LogP contribution in [-0.2, 0) is 6.54 Å². The summed E-state index contributed by atoms with van der Waals surface area (Å²) in [4.78, 5) is 0. The molecule has 0 spiro atoms. The van der Waals surface area contributed by atoms with Gasteiger partial charge in [-0.2, -0.15) is 0 Å². The lowest BCUT2D eigenvalue weighted by Gasteiger charge is -1.98. The van der Waals surface area contributed by atoms with Crippen molar-refractivity contribution in [3.8, 4) is 5.69 Å². The quantitative estimate of drug-likeness (QED) is 0.497. The van der Waals surface area contributed by atoms with Crippen LogP contribution in [0.25, 0.3) is 5.69 Å². The summed E-state index contributed by atoms with van der Waals surface area (Å²) in [5.74, 6) is 0. The first-order valence-electron chi connectivity index (χ1n) is 7.52. The highest BCUT2D eigenvalue weighted by Gasteiger charge is 2.05. The molecule has 0 aliphatic rings. The summed E-state index contributed by atoms with van der Waals surface area (Å²) in [5, 5.41) is 0. The van der Waals surface area contributed by atoms with E-state index in [1.165, 1.54) is 44.2 Å². The minimum atomic E-state index is 1.13. The Labute approximate surface area is 116 Å². The molecule has 1 heterocycles. The number of hydrogen-bond donors (Lipinski definition) is 0. The van der Waals surface area contributed by atoms with E-state index in [1.54, 1.807) is 0 Å². The average Bonchev–Trinajstić information content (AvgIpc) is 2.92. The average molecular weight is 257 g/mol. The van der Waals surface area contributed by atoms with Crippen molar-refractivity contribution in [3.05, 3.63) is 49.1 Å². The molecule has 2 aromatic rings. The highest BCUT2D eigenvalue weighted by molar-refractivity contribution is 5.30. The highest BCUT2D eigenvalue weighted by atomic mass is 15.1. The normalized spacial score (nSPS) is 10.8. The van der Waals surface area contributed by atoms with Crippen molar-refractivity contribution in [1.29, 1.82) is 0 Å². The van der Waals surface area contributed by atoms with Gasteiger partial charge in [0.05, 0.1) is 6.54 Å². The second-order valence-corrected chi connectivity index (χ2v) is 5.16. The van der Waals surface area contributed by atoms with Gasteiger partial charge >= 0.3 is 0 Å². The van der Waals surface area contributed by atoms with Crippen LogP contribution in [-0.4, -0.2) is 4.57 Å². The molecule has 0 atom stereocenters. The molecule has 0 bridgehead atoms. The maximum atomic E-state index is 2.28. The van der Waals surface area contributed by atoms with Gasteiger partial charge < -0.3 is 0 Å². The topological polar surface area (TPSA) is 8.81 Å². The molecule has 2 heteroatoms. The maximum Gasteiger partial charge on any atom is 0.248 e. The Balaban J connectivity index is 1.75. The van der Waals surface area contributed by atoms with Crippen molar-refractivity contribution in [2.75, 3.05) is 0 Å². The SMILES string of the molecule is CCCCCCCC[n+]1ccn(-c2ccccc2)c1. The molecule has 0 aliphatic heterocycles. The number of aryl methyl sites for hydroxylation is 1. The zero-order chi connectivity index (χ0) is 13.3. The lowest BCUT2D eigenvalue weighted by atomic mass is 10.1. The Morgan fingerprint density at radius 2 is 1.68 bits per heavy atom. The van der Waals surface area contributed by atoms with Gasteiger partial charge in [-0.25, -0.2) is 9.13 Å². The van der Waals surface area contributed by atoms with E-state index in [2.05, 4.69) is 65.1 Å². The van der Waals surface area contributed by atoms with E-state index >= 15 is 0 Å². The summed E-state index contributed by atoms with van der Waals surface area (Å²) in [6.07, 6.45) is 14.6. The van der Waals surface area contributed by atoms with Gasteiger partial charge in [0.1, 0.15) is 18.1 Å². The predicted octanol–water partition coefficient (Wildman–Crippen LogP) is 4.13. The highest BCUT2D eigenvalue weighted by Crippen LogP contribution is 2.06. The fraction of sp³-hybridized carbons (Fsp3) is 0.471. The number of para-hydroxylation sites is 1. The standard InChI is InChI=1S/C17H25N2/c1-2-3-4-5-6-10-13-18-14-15-19(16-18)17-11-8-7-9-12-17/h7-9,11-12,14-16H,2-6,10,13H2,1H3/q+1. The molecule has 1 aromatic heterocycles. The molecule has 0 saturated carbocycles. The van der Waals surface area contributed by atoms with E-state index in [9.17, 15) is 0 Å². The molecular weight excluding hydrogens is 232 g/mol. The van der Waals surface area contributed by atoms with E-state index in [-0.39, 0.29) is 0 Å². The molecule has 0 radical (unpaired) electrons. The maximum absolute atomic E-state index is 2.28. The first-order valence-corrected chi connectivity index (χ1v) is 7.52. The van der Waals surface area contributed by atoms with Gasteiger partial charge in [-0.05, 0) is 25.0 Å². The third kappa shape index (κ3) is 4.55. The molecule has 0 unspecified atom stereocenters. The van der Waals surface area contributed by atoms with Crippen LogP contribution in [0.4, 0.5) is 0 Å². The van der Waals surface area contributed by atoms with Crippen LogP contribution in [0.15, 0.2) is 49.1 Å². The molecule has 19 heavy (non-hydrogen) atoms. The summed E-state index contributed by atoms with van der Waals surface area (Å²) in [6, 6.07) is 10.5. The van der Waals surface area contributed by atoms with Crippen molar-refractivity contribution < 1.29 is 4.57 Å². The lowest BCUT2D eigenvalue weighted by molar-refractivity contribution is -0.696. The molecule has 0 aliphatic carbocycles. The first-order chi connectivity index (χ1) is 9.40. The number of aromatic nitrogens is 2. The van der Waals surface area contributed by atoms with Crippen LogP contribution in [0.3, 0.4) is 0 Å². The predicted molar refractivity (Wildman–Crippen MR) is 79.3 cm³/mol. The second kappa shape index (κ2) is 7.78. The summed E-state index contributed by atoms with van der Waals surface area (Å²) in [6.45, 7) is 3.40. The molecule has 0 amide bonds. The van der Waals surface area contributed by atoms with Crippen molar-refractivity contribution in [3.63, 3.8) is 0 Å². The fourth-order valence-electron chi connectivity index (χ4n) is 2.35. The monoisotopic (exact) mass is 257 g/mol. The third-order valence-corrected chi connectivity index (χ3v) is 3.52. The van der Waals surface area contributed by atoms with Crippen LogP contribution < -0.4 is 4.57 Å². The number of rotatable bonds is 8. The Kier molecular flexibility index (Phi) is 5.67. The van der Waals surface area contributed by atoms with Gasteiger partial charge in [0.15, 0.2) is 0 Å². The number of benzene rings is 1. The van der Waals surface area contributed by atoms with E-state index in [1.807, 2.05) is 0 Å². The number of unbranched alkanes of at least 4 members (excludes halogenated alkanes) is 5. The molecule has 1 aromatic carbocycles. The van der Waals surface area contributed by atoms with Crippen molar-refractivity contribution in [1.82, 2.24) is 4.57 Å². The first kappa shape index (κ1) is 13.9. The summed E-state index contributed by atoms with van der Waals surface area (Å²) in [7, 11) is 0. The molecule has 0 saturated heterocycles. The molecule has 2 nitrogen and oxygen atoms in total. The fourth-order valence-corrected chi connectivity index (χ4v) is 2.35. The second-order valence-electron chi connectivity index (χ2n) is 5.16. The third-order valence-electron chi connectivity index (χ3n) is 3.52. The zero-order valence-electron chi connectivity index (χ0n) is 12.0.